The van der Waals surface area contributed by atoms with Crippen LogP contribution in [0.1, 0.15) is 23.1 Å². The fraction of sp³-hybridized carbons (Fsp3) is 0.278. The van der Waals surface area contributed by atoms with Crippen molar-refractivity contribution in [2.24, 2.45) is 0 Å². The highest BCUT2D eigenvalue weighted by atomic mass is 19.1. The zero-order valence-electron chi connectivity index (χ0n) is 12.2. The smallest absolute Gasteiger partial charge is 0.224 e. The number of nitrogens with one attached hydrogen (secondary N) is 1. The minimum Gasteiger partial charge on any atom is -0.356 e. The number of halogens is 1. The molecule has 110 valence electrons. The number of amides is 1. The lowest BCUT2D eigenvalue weighted by Gasteiger charge is -2.06. The Balaban J connectivity index is 1.71. The molecule has 2 rings (SSSR count). The van der Waals surface area contributed by atoms with E-state index in [1.165, 1.54) is 17.2 Å². The molecule has 2 nitrogen and oxygen atoms in total. The van der Waals surface area contributed by atoms with Crippen molar-refractivity contribution in [3.8, 4) is 0 Å². The fourth-order valence-electron chi connectivity index (χ4n) is 2.27. The molecule has 0 aliphatic carbocycles. The van der Waals surface area contributed by atoms with Gasteiger partial charge in [0.15, 0.2) is 0 Å². The molecule has 1 N–H and O–H groups in total. The van der Waals surface area contributed by atoms with Crippen molar-refractivity contribution in [3.63, 3.8) is 0 Å². The third kappa shape index (κ3) is 5.03. The van der Waals surface area contributed by atoms with Crippen LogP contribution in [0.2, 0.25) is 0 Å². The molecule has 0 saturated heterocycles. The van der Waals surface area contributed by atoms with Crippen LogP contribution in [0, 0.1) is 12.7 Å². The highest BCUT2D eigenvalue weighted by Crippen LogP contribution is 2.08. The first kappa shape index (κ1) is 15.2. The molecule has 0 heterocycles. The minimum atomic E-state index is -0.326. The van der Waals surface area contributed by atoms with E-state index < -0.39 is 0 Å². The predicted molar refractivity (Wildman–Crippen MR) is 82.6 cm³/mol. The van der Waals surface area contributed by atoms with Gasteiger partial charge in [-0.1, -0.05) is 48.0 Å². The van der Waals surface area contributed by atoms with Gasteiger partial charge in [0.2, 0.25) is 5.91 Å². The molecule has 21 heavy (non-hydrogen) atoms. The molecule has 0 aliphatic heterocycles. The third-order valence-electron chi connectivity index (χ3n) is 3.36. The van der Waals surface area contributed by atoms with E-state index in [1.54, 1.807) is 18.2 Å². The van der Waals surface area contributed by atoms with E-state index in [1.807, 2.05) is 6.07 Å². The zero-order chi connectivity index (χ0) is 15.1. The molecular formula is C18H20FNO. The number of rotatable bonds is 6. The number of benzene rings is 2. The van der Waals surface area contributed by atoms with E-state index in [0.29, 0.717) is 12.1 Å². The molecule has 0 aliphatic rings. The van der Waals surface area contributed by atoms with Gasteiger partial charge in [0.25, 0.3) is 0 Å². The molecule has 0 atom stereocenters. The van der Waals surface area contributed by atoms with Crippen molar-refractivity contribution >= 4 is 5.91 Å². The molecular weight excluding hydrogens is 265 g/mol. The Morgan fingerprint density at radius 2 is 1.95 bits per heavy atom. The maximum atomic E-state index is 13.4. The third-order valence-corrected chi connectivity index (χ3v) is 3.36. The summed E-state index contributed by atoms with van der Waals surface area (Å²) in [6.07, 6.45) is 1.91. The van der Waals surface area contributed by atoms with Crippen molar-refractivity contribution in [2.45, 2.75) is 26.2 Å². The second-order valence-corrected chi connectivity index (χ2v) is 5.21. The quantitative estimate of drug-likeness (QED) is 0.810. The molecule has 0 fully saturated rings. The first-order valence-electron chi connectivity index (χ1n) is 7.21. The van der Waals surface area contributed by atoms with Crippen molar-refractivity contribution < 1.29 is 9.18 Å². The molecule has 2 aromatic rings. The standard InChI is InChI=1S/C18H20FNO/c1-14-6-4-7-15(12-14)8-5-11-20-18(21)13-16-9-2-3-10-17(16)19/h2-4,6-7,9-10,12H,5,8,11,13H2,1H3,(H,20,21). The number of carbonyl (C=O) groups excluding carboxylic acids is 1. The molecule has 0 radical (unpaired) electrons. The van der Waals surface area contributed by atoms with Crippen LogP contribution in [0.4, 0.5) is 4.39 Å². The molecule has 0 unspecified atom stereocenters. The Kier molecular flexibility index (Phi) is 5.50. The number of hydrogen-bond donors (Lipinski definition) is 1. The molecule has 3 heteroatoms. The van der Waals surface area contributed by atoms with Gasteiger partial charge in [-0.05, 0) is 37.0 Å². The Morgan fingerprint density at radius 3 is 2.71 bits per heavy atom. The van der Waals surface area contributed by atoms with E-state index in [0.717, 1.165) is 12.8 Å². The number of aryl methyl sites for hydroxylation is 2. The summed E-state index contributed by atoms with van der Waals surface area (Å²) in [6, 6.07) is 14.7. The normalized spacial score (nSPS) is 10.4. The maximum absolute atomic E-state index is 13.4. The van der Waals surface area contributed by atoms with Crippen LogP contribution in [0.3, 0.4) is 0 Å². The van der Waals surface area contributed by atoms with E-state index >= 15 is 0 Å². The van der Waals surface area contributed by atoms with Crippen molar-refractivity contribution in [2.75, 3.05) is 6.54 Å². The van der Waals surface area contributed by atoms with Gasteiger partial charge in [-0.2, -0.15) is 0 Å². The van der Waals surface area contributed by atoms with E-state index in [-0.39, 0.29) is 18.1 Å². The van der Waals surface area contributed by atoms with Crippen LogP contribution >= 0.6 is 0 Å². The summed E-state index contributed by atoms with van der Waals surface area (Å²) in [5, 5.41) is 2.84. The Hall–Kier alpha value is -2.16. The highest BCUT2D eigenvalue weighted by molar-refractivity contribution is 5.78. The van der Waals surface area contributed by atoms with Crippen LogP contribution in [-0.2, 0) is 17.6 Å². The van der Waals surface area contributed by atoms with Crippen LogP contribution in [0.5, 0.6) is 0 Å². The average molecular weight is 285 g/mol. The van der Waals surface area contributed by atoms with Crippen molar-refractivity contribution in [1.82, 2.24) is 5.32 Å². The molecule has 1 amide bonds. The van der Waals surface area contributed by atoms with Crippen molar-refractivity contribution in [1.29, 1.82) is 0 Å². The molecule has 0 aromatic heterocycles. The summed E-state index contributed by atoms with van der Waals surface area (Å²) in [5.41, 5.74) is 2.96. The largest absolute Gasteiger partial charge is 0.356 e. The lowest BCUT2D eigenvalue weighted by atomic mass is 10.1. The van der Waals surface area contributed by atoms with E-state index in [2.05, 4.69) is 30.4 Å². The predicted octanol–water partition coefficient (Wildman–Crippen LogP) is 3.43. The summed E-state index contributed by atoms with van der Waals surface area (Å²) in [4.78, 5) is 11.8. The number of hydrogen-bond acceptors (Lipinski definition) is 1. The topological polar surface area (TPSA) is 29.1 Å². The minimum absolute atomic E-state index is 0.0944. The SMILES string of the molecule is Cc1cccc(CCCNC(=O)Cc2ccccc2F)c1. The van der Waals surface area contributed by atoms with Crippen LogP contribution < -0.4 is 5.32 Å². The van der Waals surface area contributed by atoms with E-state index in [9.17, 15) is 9.18 Å². The van der Waals surface area contributed by atoms with Crippen LogP contribution in [-0.4, -0.2) is 12.5 Å². The summed E-state index contributed by atoms with van der Waals surface area (Å²) >= 11 is 0. The second-order valence-electron chi connectivity index (χ2n) is 5.21. The van der Waals surface area contributed by atoms with Gasteiger partial charge < -0.3 is 5.32 Å². The first-order valence-corrected chi connectivity index (χ1v) is 7.21. The van der Waals surface area contributed by atoms with Gasteiger partial charge in [0.1, 0.15) is 5.82 Å². The Bertz CT molecular complexity index is 610. The Labute approximate surface area is 125 Å². The average Bonchev–Trinajstić information content (AvgIpc) is 2.46. The van der Waals surface area contributed by atoms with Crippen LogP contribution in [0.15, 0.2) is 48.5 Å². The highest BCUT2D eigenvalue weighted by Gasteiger charge is 2.06. The van der Waals surface area contributed by atoms with Gasteiger partial charge in [-0.15, -0.1) is 0 Å². The Morgan fingerprint density at radius 1 is 1.14 bits per heavy atom. The summed E-state index contributed by atoms with van der Waals surface area (Å²) < 4.78 is 13.4. The summed E-state index contributed by atoms with van der Waals surface area (Å²) in [6.45, 7) is 2.68. The lowest BCUT2D eigenvalue weighted by Crippen LogP contribution is -2.26. The first-order chi connectivity index (χ1) is 10.1. The molecule has 0 saturated carbocycles. The van der Waals surface area contributed by atoms with E-state index in [4.69, 9.17) is 0 Å². The second kappa shape index (κ2) is 7.58. The van der Waals surface area contributed by atoms with Gasteiger partial charge in [-0.3, -0.25) is 4.79 Å². The van der Waals surface area contributed by atoms with Gasteiger partial charge in [0, 0.05) is 6.54 Å². The molecule has 0 bridgehead atoms. The summed E-state index contributed by atoms with van der Waals surface area (Å²) in [7, 11) is 0. The van der Waals surface area contributed by atoms with Gasteiger partial charge in [0.05, 0.1) is 6.42 Å². The summed E-state index contributed by atoms with van der Waals surface area (Å²) in [5.74, 6) is -0.461. The number of carbonyl (C=O) groups is 1. The molecule has 0 spiro atoms. The van der Waals surface area contributed by atoms with Crippen molar-refractivity contribution in [3.05, 3.63) is 71.0 Å². The fourth-order valence-corrected chi connectivity index (χ4v) is 2.27. The molecule has 2 aromatic carbocycles. The monoisotopic (exact) mass is 285 g/mol. The van der Waals surface area contributed by atoms with Crippen LogP contribution in [0.25, 0.3) is 0 Å². The zero-order valence-corrected chi connectivity index (χ0v) is 12.2. The van der Waals surface area contributed by atoms with Gasteiger partial charge >= 0.3 is 0 Å². The van der Waals surface area contributed by atoms with Gasteiger partial charge in [-0.25, -0.2) is 4.39 Å². The lowest BCUT2D eigenvalue weighted by molar-refractivity contribution is -0.120. The maximum Gasteiger partial charge on any atom is 0.224 e.